The Kier molecular flexibility index (Phi) is 2.33. The number of Topliss-reactive ketones (excluding diaryl/α,β-unsaturated/α-hetero) is 1. The Bertz CT molecular complexity index is 386. The van der Waals surface area contributed by atoms with Crippen molar-refractivity contribution in [2.75, 3.05) is 0 Å². The number of rotatable bonds is 2. The molecule has 1 aliphatic rings. The van der Waals surface area contributed by atoms with E-state index in [4.69, 9.17) is 0 Å². The summed E-state index contributed by atoms with van der Waals surface area (Å²) >= 11 is 1.62. The Morgan fingerprint density at radius 3 is 3.07 bits per heavy atom. The Labute approximate surface area is 85.5 Å². The molecule has 0 aliphatic carbocycles. The molecule has 74 valence electrons. The molecule has 1 amide bonds. The summed E-state index contributed by atoms with van der Waals surface area (Å²) in [6.07, 6.45) is 3.78. The van der Waals surface area contributed by atoms with Crippen molar-refractivity contribution in [1.29, 1.82) is 0 Å². The maximum absolute atomic E-state index is 11.1. The minimum atomic E-state index is -0.517. The fraction of sp³-hybridized carbons (Fsp3) is 0.333. The molecule has 1 aliphatic heterocycles. The van der Waals surface area contributed by atoms with Crippen LogP contribution in [0.1, 0.15) is 23.4 Å². The van der Waals surface area contributed by atoms with E-state index in [9.17, 15) is 9.59 Å². The van der Waals surface area contributed by atoms with E-state index in [2.05, 4.69) is 10.3 Å². The van der Waals surface area contributed by atoms with Gasteiger partial charge in [-0.2, -0.15) is 0 Å². The first-order valence-corrected chi connectivity index (χ1v) is 5.32. The highest BCUT2D eigenvalue weighted by atomic mass is 32.2. The van der Waals surface area contributed by atoms with Crippen molar-refractivity contribution >= 4 is 23.5 Å². The number of thioether (sulfide) groups is 1. The van der Waals surface area contributed by atoms with Gasteiger partial charge in [0.15, 0.2) is 0 Å². The van der Waals surface area contributed by atoms with E-state index >= 15 is 0 Å². The normalized spacial score (nSPS) is 19.1. The minimum Gasteiger partial charge on any atom is -0.367 e. The Balaban J connectivity index is 2.09. The van der Waals surface area contributed by atoms with E-state index in [1.807, 2.05) is 12.4 Å². The fourth-order valence-corrected chi connectivity index (χ4v) is 2.57. The Morgan fingerprint density at radius 1 is 1.57 bits per heavy atom. The minimum absolute atomic E-state index is 0.0763. The van der Waals surface area contributed by atoms with Crippen molar-refractivity contribution in [1.82, 2.24) is 10.3 Å². The van der Waals surface area contributed by atoms with E-state index in [1.54, 1.807) is 11.8 Å². The maximum Gasteiger partial charge on any atom is 0.288 e. The van der Waals surface area contributed by atoms with Gasteiger partial charge in [-0.1, -0.05) is 0 Å². The van der Waals surface area contributed by atoms with Crippen molar-refractivity contribution in [2.45, 2.75) is 18.1 Å². The van der Waals surface area contributed by atoms with Crippen LogP contribution in [0.4, 0.5) is 0 Å². The molecule has 5 heteroatoms. The van der Waals surface area contributed by atoms with Gasteiger partial charge in [-0.05, 0) is 5.56 Å². The summed E-state index contributed by atoms with van der Waals surface area (Å²) in [5.74, 6) is -0.0899. The summed E-state index contributed by atoms with van der Waals surface area (Å²) in [4.78, 5) is 24.9. The lowest BCUT2D eigenvalue weighted by Crippen LogP contribution is -2.30. The predicted molar refractivity (Wildman–Crippen MR) is 53.7 cm³/mol. The number of H-pyrrole nitrogens is 1. The molecule has 0 saturated heterocycles. The number of aromatic nitrogens is 1. The molecule has 1 aromatic heterocycles. The molecule has 0 aromatic carbocycles. The van der Waals surface area contributed by atoms with Crippen LogP contribution in [0, 0.1) is 0 Å². The molecule has 2 N–H and O–H groups in total. The van der Waals surface area contributed by atoms with Crippen LogP contribution in [0.15, 0.2) is 12.4 Å². The molecule has 0 bridgehead atoms. The summed E-state index contributed by atoms with van der Waals surface area (Å²) in [7, 11) is 0. The second-order valence-corrected chi connectivity index (χ2v) is 4.25. The first kappa shape index (κ1) is 9.33. The van der Waals surface area contributed by atoms with Crippen molar-refractivity contribution in [3.8, 4) is 0 Å². The van der Waals surface area contributed by atoms with E-state index in [-0.39, 0.29) is 5.37 Å². The third kappa shape index (κ3) is 1.55. The van der Waals surface area contributed by atoms with E-state index in [0.717, 1.165) is 11.3 Å². The van der Waals surface area contributed by atoms with Crippen LogP contribution >= 0.6 is 11.8 Å². The number of hydrogen-bond donors (Lipinski definition) is 2. The molecule has 0 saturated carbocycles. The molecular weight excluding hydrogens is 200 g/mol. The highest BCUT2D eigenvalue weighted by Gasteiger charge is 2.26. The largest absolute Gasteiger partial charge is 0.367 e. The summed E-state index contributed by atoms with van der Waals surface area (Å²) in [6, 6.07) is 0. The van der Waals surface area contributed by atoms with Crippen molar-refractivity contribution in [2.24, 2.45) is 0 Å². The summed E-state index contributed by atoms with van der Waals surface area (Å²) in [5, 5.41) is 2.60. The number of hydrogen-bond acceptors (Lipinski definition) is 3. The lowest BCUT2D eigenvalue weighted by molar-refractivity contribution is -0.136. The molecule has 0 spiro atoms. The molecule has 14 heavy (non-hydrogen) atoms. The maximum atomic E-state index is 11.1. The Hall–Kier alpha value is -1.23. The second kappa shape index (κ2) is 3.49. The van der Waals surface area contributed by atoms with Gasteiger partial charge in [-0.15, -0.1) is 11.8 Å². The fourth-order valence-electron chi connectivity index (χ4n) is 1.38. The third-order valence-corrected chi connectivity index (χ3v) is 3.32. The number of carbonyl (C=O) groups is 2. The molecule has 1 aromatic rings. The highest BCUT2D eigenvalue weighted by molar-refractivity contribution is 7.99. The summed E-state index contributed by atoms with van der Waals surface area (Å²) < 4.78 is 0. The highest BCUT2D eigenvalue weighted by Crippen LogP contribution is 2.39. The number of nitrogens with one attached hydrogen (secondary N) is 2. The number of fused-ring (bicyclic) bond motifs is 1. The molecular formula is C9H10N2O2S. The zero-order valence-electron chi connectivity index (χ0n) is 7.66. The van der Waals surface area contributed by atoms with E-state index < -0.39 is 11.7 Å². The molecule has 2 rings (SSSR count). The zero-order valence-corrected chi connectivity index (χ0v) is 8.48. The number of aromatic amines is 1. The van der Waals surface area contributed by atoms with E-state index in [1.165, 1.54) is 12.5 Å². The smallest absolute Gasteiger partial charge is 0.288 e. The van der Waals surface area contributed by atoms with Crippen molar-refractivity contribution < 1.29 is 9.59 Å². The van der Waals surface area contributed by atoms with Gasteiger partial charge in [-0.3, -0.25) is 9.59 Å². The average molecular weight is 210 g/mol. The third-order valence-electron chi connectivity index (χ3n) is 2.14. The average Bonchev–Trinajstić information content (AvgIpc) is 2.69. The van der Waals surface area contributed by atoms with Crippen LogP contribution in [0.5, 0.6) is 0 Å². The first-order chi connectivity index (χ1) is 6.68. The predicted octanol–water partition coefficient (Wildman–Crippen LogP) is 0.965. The topological polar surface area (TPSA) is 62.0 Å². The molecule has 2 heterocycles. The van der Waals surface area contributed by atoms with Gasteiger partial charge in [0.2, 0.25) is 5.78 Å². The van der Waals surface area contributed by atoms with Gasteiger partial charge in [-0.25, -0.2) is 0 Å². The molecule has 0 radical (unpaired) electrons. The van der Waals surface area contributed by atoms with Crippen LogP contribution in [-0.2, 0) is 15.3 Å². The number of amides is 1. The van der Waals surface area contributed by atoms with Gasteiger partial charge in [0, 0.05) is 30.6 Å². The SMILES string of the molecule is CC(=O)C(=O)NC1SCc2c[nH]cc21. The van der Waals surface area contributed by atoms with Crippen molar-refractivity contribution in [3.63, 3.8) is 0 Å². The summed E-state index contributed by atoms with van der Waals surface area (Å²) in [5.41, 5.74) is 2.27. The van der Waals surface area contributed by atoms with Crippen molar-refractivity contribution in [3.05, 3.63) is 23.5 Å². The van der Waals surface area contributed by atoms with Crippen LogP contribution in [-0.4, -0.2) is 16.7 Å². The van der Waals surface area contributed by atoms with Gasteiger partial charge in [0.05, 0.1) is 0 Å². The quantitative estimate of drug-likeness (QED) is 0.715. The van der Waals surface area contributed by atoms with Crippen LogP contribution < -0.4 is 5.32 Å². The zero-order chi connectivity index (χ0) is 10.1. The van der Waals surface area contributed by atoms with Gasteiger partial charge >= 0.3 is 0 Å². The Morgan fingerprint density at radius 2 is 2.36 bits per heavy atom. The summed E-state index contributed by atoms with van der Waals surface area (Å²) in [6.45, 7) is 1.27. The van der Waals surface area contributed by atoms with Crippen LogP contribution in [0.25, 0.3) is 0 Å². The molecule has 0 fully saturated rings. The lowest BCUT2D eigenvalue weighted by atomic mass is 10.2. The molecule has 4 nitrogen and oxygen atoms in total. The first-order valence-electron chi connectivity index (χ1n) is 4.27. The number of ketones is 1. The van der Waals surface area contributed by atoms with E-state index in [0.29, 0.717) is 0 Å². The standard InChI is InChI=1S/C9H10N2O2S/c1-5(12)8(13)11-9-7-3-10-2-6(7)4-14-9/h2-3,9-10H,4H2,1H3,(H,11,13). The lowest BCUT2D eigenvalue weighted by Gasteiger charge is -2.10. The monoisotopic (exact) mass is 210 g/mol. The van der Waals surface area contributed by atoms with Gasteiger partial charge < -0.3 is 10.3 Å². The van der Waals surface area contributed by atoms with Gasteiger partial charge in [0.1, 0.15) is 5.37 Å². The van der Waals surface area contributed by atoms with Crippen LogP contribution in [0.2, 0.25) is 0 Å². The number of carbonyl (C=O) groups excluding carboxylic acids is 2. The van der Waals surface area contributed by atoms with Crippen LogP contribution in [0.3, 0.4) is 0 Å². The second-order valence-electron chi connectivity index (χ2n) is 3.16. The van der Waals surface area contributed by atoms with Gasteiger partial charge in [0.25, 0.3) is 5.91 Å². The molecule has 1 unspecified atom stereocenters. The molecule has 1 atom stereocenters.